The molecule has 0 bridgehead atoms. The van der Waals surface area contributed by atoms with Crippen LogP contribution in [0.2, 0.25) is 0 Å². The van der Waals surface area contributed by atoms with E-state index in [0.29, 0.717) is 28.1 Å². The average Bonchev–Trinajstić information content (AvgIpc) is 3.11. The summed E-state index contributed by atoms with van der Waals surface area (Å²) in [6.07, 6.45) is 2.18. The van der Waals surface area contributed by atoms with Crippen molar-refractivity contribution >= 4 is 51.5 Å². The molecule has 1 fully saturated rings. The lowest BCUT2D eigenvalue weighted by Gasteiger charge is -2.14. The summed E-state index contributed by atoms with van der Waals surface area (Å²) in [5.74, 6) is -1.08. The van der Waals surface area contributed by atoms with E-state index in [1.54, 1.807) is 31.2 Å². The molecule has 11 heteroatoms. The van der Waals surface area contributed by atoms with Crippen molar-refractivity contribution in [3.8, 4) is 11.5 Å². The van der Waals surface area contributed by atoms with Gasteiger partial charge in [-0.3, -0.25) is 9.59 Å². The van der Waals surface area contributed by atoms with Gasteiger partial charge in [-0.2, -0.15) is 0 Å². The molecule has 0 aliphatic carbocycles. The van der Waals surface area contributed by atoms with E-state index in [4.69, 9.17) is 9.47 Å². The van der Waals surface area contributed by atoms with Crippen LogP contribution in [0.3, 0.4) is 0 Å². The van der Waals surface area contributed by atoms with E-state index >= 15 is 0 Å². The molecule has 2 N–H and O–H groups in total. The number of urea groups is 1. The highest BCUT2D eigenvalue weighted by Gasteiger charge is 2.35. The molecule has 2 aromatic carbocycles. The second-order valence-electron chi connectivity index (χ2n) is 7.57. The summed E-state index contributed by atoms with van der Waals surface area (Å²) in [5, 5.41) is 5.25. The molecule has 1 aliphatic heterocycles. The predicted molar refractivity (Wildman–Crippen MR) is 135 cm³/mol. The maximum atomic E-state index is 12.9. The van der Waals surface area contributed by atoms with Crippen LogP contribution < -0.4 is 20.1 Å². The van der Waals surface area contributed by atoms with Crippen molar-refractivity contribution in [1.29, 1.82) is 0 Å². The number of nitrogens with zero attached hydrogens (tertiary/aromatic N) is 1. The van der Waals surface area contributed by atoms with Crippen LogP contribution in [-0.2, 0) is 25.5 Å². The van der Waals surface area contributed by atoms with Gasteiger partial charge in [-0.25, -0.2) is 14.5 Å². The lowest BCUT2D eigenvalue weighted by molar-refractivity contribution is -0.143. The standard InChI is InChI=1S/C25H26BrN3O7/c1-4-16-8-6-7-9-18(16)27-21(30)13-29-24(32)19(28-25(29)33)11-15-10-17(26)23(20(12-15)35-5-2)36-14-22(31)34-3/h6-12H,4-5,13-14H2,1-3H3,(H,27,30)(H,28,33)/b19-11+. The van der Waals surface area contributed by atoms with Gasteiger partial charge in [0.25, 0.3) is 5.91 Å². The zero-order valence-corrected chi connectivity index (χ0v) is 21.6. The summed E-state index contributed by atoms with van der Waals surface area (Å²) in [4.78, 5) is 50.2. The van der Waals surface area contributed by atoms with Crippen LogP contribution in [-0.4, -0.2) is 55.6 Å². The first kappa shape index (κ1) is 26.7. The maximum Gasteiger partial charge on any atom is 0.343 e. The molecule has 3 rings (SSSR count). The number of esters is 1. The van der Waals surface area contributed by atoms with Gasteiger partial charge in [-0.15, -0.1) is 0 Å². The molecule has 0 aromatic heterocycles. The van der Waals surface area contributed by atoms with Crippen LogP contribution >= 0.6 is 15.9 Å². The van der Waals surface area contributed by atoms with Gasteiger partial charge in [0, 0.05) is 5.69 Å². The quantitative estimate of drug-likeness (QED) is 0.259. The van der Waals surface area contributed by atoms with Crippen LogP contribution in [0.1, 0.15) is 25.0 Å². The van der Waals surface area contributed by atoms with Gasteiger partial charge in [0.15, 0.2) is 18.1 Å². The molecule has 0 saturated carbocycles. The summed E-state index contributed by atoms with van der Waals surface area (Å²) in [6.45, 7) is 3.32. The lowest BCUT2D eigenvalue weighted by atomic mass is 10.1. The third-order valence-corrected chi connectivity index (χ3v) is 5.73. The van der Waals surface area contributed by atoms with Crippen molar-refractivity contribution in [3.63, 3.8) is 0 Å². The van der Waals surface area contributed by atoms with Gasteiger partial charge < -0.3 is 24.8 Å². The first-order chi connectivity index (χ1) is 17.3. The van der Waals surface area contributed by atoms with E-state index in [2.05, 4.69) is 31.3 Å². The second-order valence-corrected chi connectivity index (χ2v) is 8.42. The topological polar surface area (TPSA) is 123 Å². The smallest absolute Gasteiger partial charge is 0.343 e. The molecule has 190 valence electrons. The van der Waals surface area contributed by atoms with E-state index in [-0.39, 0.29) is 18.1 Å². The number of amides is 4. The average molecular weight is 560 g/mol. The molecule has 1 aliphatic rings. The van der Waals surface area contributed by atoms with Crippen molar-refractivity contribution in [2.75, 3.05) is 32.2 Å². The summed E-state index contributed by atoms with van der Waals surface area (Å²) < 4.78 is 16.2. The third kappa shape index (κ3) is 6.42. The van der Waals surface area contributed by atoms with Crippen LogP contribution in [0.5, 0.6) is 11.5 Å². The van der Waals surface area contributed by atoms with Gasteiger partial charge in [0.05, 0.1) is 18.2 Å². The molecule has 0 atom stereocenters. The lowest BCUT2D eigenvalue weighted by Crippen LogP contribution is -2.38. The zero-order valence-electron chi connectivity index (χ0n) is 20.1. The predicted octanol–water partition coefficient (Wildman–Crippen LogP) is 3.49. The summed E-state index contributed by atoms with van der Waals surface area (Å²) in [7, 11) is 1.25. The third-order valence-electron chi connectivity index (χ3n) is 5.14. The Morgan fingerprint density at radius 2 is 1.89 bits per heavy atom. The van der Waals surface area contributed by atoms with Gasteiger partial charge in [-0.1, -0.05) is 25.1 Å². The number of imide groups is 1. The Bertz CT molecular complexity index is 1210. The Kier molecular flexibility index (Phi) is 9.07. The van der Waals surface area contributed by atoms with Crippen LogP contribution in [0.15, 0.2) is 46.6 Å². The van der Waals surface area contributed by atoms with Crippen molar-refractivity contribution in [3.05, 3.63) is 57.7 Å². The van der Waals surface area contributed by atoms with E-state index in [9.17, 15) is 19.2 Å². The van der Waals surface area contributed by atoms with Crippen LogP contribution in [0, 0.1) is 0 Å². The fourth-order valence-corrected chi connectivity index (χ4v) is 4.00. The number of ether oxygens (including phenoxy) is 3. The minimum Gasteiger partial charge on any atom is -0.490 e. The highest BCUT2D eigenvalue weighted by atomic mass is 79.9. The van der Waals surface area contributed by atoms with Crippen molar-refractivity contribution in [2.45, 2.75) is 20.3 Å². The molecular formula is C25H26BrN3O7. The van der Waals surface area contributed by atoms with E-state index < -0.39 is 30.4 Å². The Hall–Kier alpha value is -3.86. The zero-order chi connectivity index (χ0) is 26.2. The van der Waals surface area contributed by atoms with Crippen molar-refractivity contribution in [1.82, 2.24) is 10.2 Å². The highest BCUT2D eigenvalue weighted by Crippen LogP contribution is 2.37. The molecule has 0 unspecified atom stereocenters. The molecule has 1 heterocycles. The van der Waals surface area contributed by atoms with Gasteiger partial charge in [-0.05, 0) is 64.7 Å². The number of benzene rings is 2. The van der Waals surface area contributed by atoms with Crippen molar-refractivity contribution in [2.24, 2.45) is 0 Å². The Labute approximate surface area is 216 Å². The Morgan fingerprint density at radius 3 is 2.58 bits per heavy atom. The number of carbonyl (C=O) groups is 4. The van der Waals surface area contributed by atoms with Gasteiger partial charge in [0.2, 0.25) is 5.91 Å². The number of aryl methyl sites for hydroxylation is 1. The normalized spacial score (nSPS) is 14.0. The molecule has 36 heavy (non-hydrogen) atoms. The molecule has 4 amide bonds. The SMILES string of the molecule is CCOc1cc(/C=C2/NC(=O)N(CC(=O)Nc3ccccc3CC)C2=O)cc(Br)c1OCC(=O)OC. The summed E-state index contributed by atoms with van der Waals surface area (Å²) in [6, 6.07) is 9.86. The summed E-state index contributed by atoms with van der Waals surface area (Å²) in [5.41, 5.74) is 2.09. The minimum atomic E-state index is -0.702. The molecule has 0 radical (unpaired) electrons. The Morgan fingerprint density at radius 1 is 1.14 bits per heavy atom. The monoisotopic (exact) mass is 559 g/mol. The van der Waals surface area contributed by atoms with E-state index in [1.165, 1.54) is 13.2 Å². The van der Waals surface area contributed by atoms with Crippen LogP contribution in [0.4, 0.5) is 10.5 Å². The summed E-state index contributed by atoms with van der Waals surface area (Å²) >= 11 is 3.38. The largest absolute Gasteiger partial charge is 0.490 e. The van der Waals surface area contributed by atoms with Crippen molar-refractivity contribution < 1.29 is 33.4 Å². The number of anilines is 1. The van der Waals surface area contributed by atoms with Crippen LogP contribution in [0.25, 0.3) is 6.08 Å². The molecular weight excluding hydrogens is 534 g/mol. The number of carbonyl (C=O) groups excluding carboxylic acids is 4. The molecule has 0 spiro atoms. The van der Waals surface area contributed by atoms with E-state index in [0.717, 1.165) is 16.9 Å². The number of hydrogen-bond donors (Lipinski definition) is 2. The van der Waals surface area contributed by atoms with Gasteiger partial charge in [0.1, 0.15) is 12.2 Å². The molecule has 2 aromatic rings. The second kappa shape index (κ2) is 12.2. The number of para-hydroxylation sites is 1. The maximum absolute atomic E-state index is 12.9. The number of rotatable bonds is 10. The molecule has 1 saturated heterocycles. The Balaban J connectivity index is 1.77. The molecule has 10 nitrogen and oxygen atoms in total. The minimum absolute atomic E-state index is 0.000615. The fourth-order valence-electron chi connectivity index (χ4n) is 3.43. The first-order valence-electron chi connectivity index (χ1n) is 11.2. The van der Waals surface area contributed by atoms with E-state index in [1.807, 2.05) is 19.1 Å². The fraction of sp³-hybridized carbons (Fsp3) is 0.280. The first-order valence-corrected chi connectivity index (χ1v) is 11.9. The number of methoxy groups -OCH3 is 1. The number of hydrogen-bond acceptors (Lipinski definition) is 7. The highest BCUT2D eigenvalue weighted by molar-refractivity contribution is 9.10. The number of halogens is 1. The number of nitrogens with one attached hydrogen (secondary N) is 2. The van der Waals surface area contributed by atoms with Gasteiger partial charge >= 0.3 is 12.0 Å².